The lowest BCUT2D eigenvalue weighted by Gasteiger charge is -2.04. The lowest BCUT2D eigenvalue weighted by molar-refractivity contribution is 0.138. The van der Waals surface area contributed by atoms with E-state index in [1.807, 2.05) is 13.0 Å². The standard InChI is InChI=1S/C7H14O/c1-4-6-7(5-2)8-3/h4,6-7H,5H2,1-3H3. The summed E-state index contributed by atoms with van der Waals surface area (Å²) in [5, 5.41) is 0. The van der Waals surface area contributed by atoms with Crippen LogP contribution in [-0.4, -0.2) is 13.2 Å². The average Bonchev–Trinajstić information content (AvgIpc) is 1.83. The van der Waals surface area contributed by atoms with E-state index in [0.717, 1.165) is 6.42 Å². The SMILES string of the molecule is CC=CC(CC)OC. The largest absolute Gasteiger partial charge is 0.377 e. The Bertz CT molecular complexity index is 62.8. The van der Waals surface area contributed by atoms with Gasteiger partial charge in [0.1, 0.15) is 0 Å². The molecule has 1 nitrogen and oxygen atoms in total. The van der Waals surface area contributed by atoms with Crippen LogP contribution in [0.3, 0.4) is 0 Å². The molecule has 0 rings (SSSR count). The summed E-state index contributed by atoms with van der Waals surface area (Å²) in [4.78, 5) is 0. The van der Waals surface area contributed by atoms with E-state index in [1.165, 1.54) is 0 Å². The zero-order valence-corrected chi connectivity index (χ0v) is 5.85. The third-order valence-electron chi connectivity index (χ3n) is 1.11. The van der Waals surface area contributed by atoms with Crippen molar-refractivity contribution in [3.63, 3.8) is 0 Å². The molecule has 0 heterocycles. The zero-order valence-electron chi connectivity index (χ0n) is 5.85. The van der Waals surface area contributed by atoms with Gasteiger partial charge in [0.2, 0.25) is 0 Å². The molecule has 0 spiro atoms. The van der Waals surface area contributed by atoms with Crippen LogP contribution in [0.5, 0.6) is 0 Å². The van der Waals surface area contributed by atoms with E-state index in [1.54, 1.807) is 7.11 Å². The molecule has 48 valence electrons. The summed E-state index contributed by atoms with van der Waals surface area (Å²) in [6.45, 7) is 4.11. The summed E-state index contributed by atoms with van der Waals surface area (Å²) in [7, 11) is 1.73. The van der Waals surface area contributed by atoms with Crippen LogP contribution in [0.2, 0.25) is 0 Å². The van der Waals surface area contributed by atoms with Crippen molar-refractivity contribution in [2.24, 2.45) is 0 Å². The highest BCUT2D eigenvalue weighted by Crippen LogP contribution is 1.96. The van der Waals surface area contributed by atoms with Crippen molar-refractivity contribution in [2.75, 3.05) is 7.11 Å². The number of methoxy groups -OCH3 is 1. The summed E-state index contributed by atoms with van der Waals surface area (Å²) >= 11 is 0. The molecule has 1 heteroatoms. The lowest BCUT2D eigenvalue weighted by atomic mass is 10.2. The fraction of sp³-hybridized carbons (Fsp3) is 0.714. The van der Waals surface area contributed by atoms with Crippen LogP contribution < -0.4 is 0 Å². The van der Waals surface area contributed by atoms with E-state index in [4.69, 9.17) is 4.74 Å². The highest BCUT2D eigenvalue weighted by atomic mass is 16.5. The number of rotatable bonds is 3. The molecule has 0 aliphatic carbocycles. The van der Waals surface area contributed by atoms with Crippen molar-refractivity contribution in [2.45, 2.75) is 26.4 Å². The van der Waals surface area contributed by atoms with Crippen molar-refractivity contribution >= 4 is 0 Å². The molecule has 0 aromatic rings. The average molecular weight is 114 g/mol. The zero-order chi connectivity index (χ0) is 6.41. The third kappa shape index (κ3) is 2.80. The monoisotopic (exact) mass is 114 g/mol. The predicted molar refractivity (Wildman–Crippen MR) is 35.9 cm³/mol. The number of hydrogen-bond acceptors (Lipinski definition) is 1. The molecule has 0 radical (unpaired) electrons. The van der Waals surface area contributed by atoms with Gasteiger partial charge in [0.15, 0.2) is 0 Å². The Kier molecular flexibility index (Phi) is 4.67. The maximum absolute atomic E-state index is 5.05. The van der Waals surface area contributed by atoms with Crippen LogP contribution in [0.4, 0.5) is 0 Å². The lowest BCUT2D eigenvalue weighted by Crippen LogP contribution is -2.03. The molecule has 1 atom stereocenters. The molecular weight excluding hydrogens is 100 g/mol. The van der Waals surface area contributed by atoms with Gasteiger partial charge in [-0.25, -0.2) is 0 Å². The predicted octanol–water partition coefficient (Wildman–Crippen LogP) is 1.99. The topological polar surface area (TPSA) is 9.23 Å². The molecule has 0 aliphatic heterocycles. The Morgan fingerprint density at radius 3 is 2.38 bits per heavy atom. The number of hydrogen-bond donors (Lipinski definition) is 0. The van der Waals surface area contributed by atoms with Gasteiger partial charge in [-0.3, -0.25) is 0 Å². The van der Waals surface area contributed by atoms with Gasteiger partial charge in [-0.05, 0) is 13.3 Å². The molecule has 1 unspecified atom stereocenters. The van der Waals surface area contributed by atoms with Gasteiger partial charge in [0.25, 0.3) is 0 Å². The van der Waals surface area contributed by atoms with Crippen LogP contribution in [0, 0.1) is 0 Å². The van der Waals surface area contributed by atoms with Crippen molar-refractivity contribution < 1.29 is 4.74 Å². The van der Waals surface area contributed by atoms with Crippen molar-refractivity contribution in [3.05, 3.63) is 12.2 Å². The van der Waals surface area contributed by atoms with Gasteiger partial charge in [-0.2, -0.15) is 0 Å². The molecule has 0 N–H and O–H groups in total. The normalized spacial score (nSPS) is 14.9. The first-order chi connectivity index (χ1) is 3.85. The Balaban J connectivity index is 3.36. The summed E-state index contributed by atoms with van der Waals surface area (Å²) in [6, 6.07) is 0. The van der Waals surface area contributed by atoms with E-state index >= 15 is 0 Å². The molecule has 8 heavy (non-hydrogen) atoms. The smallest absolute Gasteiger partial charge is 0.0749 e. The van der Waals surface area contributed by atoms with Gasteiger partial charge in [0, 0.05) is 7.11 Å². The Morgan fingerprint density at radius 1 is 1.62 bits per heavy atom. The molecule has 0 aliphatic rings. The second-order valence-electron chi connectivity index (χ2n) is 1.71. The second-order valence-corrected chi connectivity index (χ2v) is 1.71. The number of ether oxygens (including phenoxy) is 1. The molecule has 0 amide bonds. The van der Waals surface area contributed by atoms with Gasteiger partial charge < -0.3 is 4.74 Å². The van der Waals surface area contributed by atoms with Gasteiger partial charge in [-0.1, -0.05) is 19.1 Å². The van der Waals surface area contributed by atoms with Gasteiger partial charge in [-0.15, -0.1) is 0 Å². The molecule has 0 saturated carbocycles. The van der Waals surface area contributed by atoms with Crippen LogP contribution in [0.15, 0.2) is 12.2 Å². The first kappa shape index (κ1) is 7.70. The van der Waals surface area contributed by atoms with Crippen LogP contribution >= 0.6 is 0 Å². The van der Waals surface area contributed by atoms with E-state index in [-0.39, 0.29) is 0 Å². The van der Waals surface area contributed by atoms with E-state index in [9.17, 15) is 0 Å². The van der Waals surface area contributed by atoms with Crippen LogP contribution in [-0.2, 0) is 4.74 Å². The Morgan fingerprint density at radius 2 is 2.25 bits per heavy atom. The van der Waals surface area contributed by atoms with Crippen LogP contribution in [0.1, 0.15) is 20.3 Å². The first-order valence-corrected chi connectivity index (χ1v) is 3.00. The molecular formula is C7H14O. The molecule has 0 fully saturated rings. The minimum absolute atomic E-state index is 0.319. The van der Waals surface area contributed by atoms with Gasteiger partial charge in [0.05, 0.1) is 6.10 Å². The minimum atomic E-state index is 0.319. The first-order valence-electron chi connectivity index (χ1n) is 3.00. The Hall–Kier alpha value is -0.300. The van der Waals surface area contributed by atoms with E-state index in [2.05, 4.69) is 13.0 Å². The number of allylic oxidation sites excluding steroid dienone is 1. The van der Waals surface area contributed by atoms with Gasteiger partial charge >= 0.3 is 0 Å². The van der Waals surface area contributed by atoms with E-state index < -0.39 is 0 Å². The summed E-state index contributed by atoms with van der Waals surface area (Å²) in [6.07, 6.45) is 5.44. The minimum Gasteiger partial charge on any atom is -0.377 e. The molecule has 0 aromatic heterocycles. The van der Waals surface area contributed by atoms with Crippen LogP contribution in [0.25, 0.3) is 0 Å². The quantitative estimate of drug-likeness (QED) is 0.510. The molecule has 0 aromatic carbocycles. The maximum Gasteiger partial charge on any atom is 0.0749 e. The fourth-order valence-corrected chi connectivity index (χ4v) is 0.596. The third-order valence-corrected chi connectivity index (χ3v) is 1.11. The van der Waals surface area contributed by atoms with E-state index in [0.29, 0.717) is 6.10 Å². The summed E-state index contributed by atoms with van der Waals surface area (Å²) < 4.78 is 5.05. The highest BCUT2D eigenvalue weighted by molar-refractivity contribution is 4.85. The molecule has 0 saturated heterocycles. The maximum atomic E-state index is 5.05. The van der Waals surface area contributed by atoms with Crippen molar-refractivity contribution in [1.29, 1.82) is 0 Å². The molecule has 0 bridgehead atoms. The van der Waals surface area contributed by atoms with Crippen molar-refractivity contribution in [3.8, 4) is 0 Å². The summed E-state index contributed by atoms with van der Waals surface area (Å²) in [5.41, 5.74) is 0. The Labute approximate surface area is 51.4 Å². The summed E-state index contributed by atoms with van der Waals surface area (Å²) in [5.74, 6) is 0. The highest BCUT2D eigenvalue weighted by Gasteiger charge is 1.93. The fourth-order valence-electron chi connectivity index (χ4n) is 0.596. The van der Waals surface area contributed by atoms with Crippen molar-refractivity contribution in [1.82, 2.24) is 0 Å². The second kappa shape index (κ2) is 4.85.